The van der Waals surface area contributed by atoms with E-state index in [4.69, 9.17) is 4.52 Å². The maximum Gasteiger partial charge on any atom is 0.232 e. The molecule has 1 aromatic carbocycles. The molecule has 3 aromatic rings. The number of hydrogen-bond donors (Lipinski definition) is 1. The number of rotatable bonds is 4. The molecule has 0 spiro atoms. The average Bonchev–Trinajstić information content (AvgIpc) is 3.12. The first-order valence-corrected chi connectivity index (χ1v) is 7.58. The van der Waals surface area contributed by atoms with Crippen LogP contribution in [0.15, 0.2) is 28.8 Å². The number of benzene rings is 1. The molecule has 1 aliphatic rings. The van der Waals surface area contributed by atoms with E-state index < -0.39 is 0 Å². The fourth-order valence-electron chi connectivity index (χ4n) is 2.16. The van der Waals surface area contributed by atoms with E-state index in [1.807, 2.05) is 24.3 Å². The summed E-state index contributed by atoms with van der Waals surface area (Å²) in [5.74, 6) is 0.389. The highest BCUT2D eigenvalue weighted by atomic mass is 32.1. The van der Waals surface area contributed by atoms with Gasteiger partial charge in [0.15, 0.2) is 5.58 Å². The maximum atomic E-state index is 12.1. The summed E-state index contributed by atoms with van der Waals surface area (Å²) in [4.78, 5) is 12.1. The molecule has 1 amide bonds. The summed E-state index contributed by atoms with van der Waals surface area (Å²) in [6.07, 6.45) is 2.51. The summed E-state index contributed by atoms with van der Waals surface area (Å²) in [5.41, 5.74) is 1.32. The molecule has 2 heterocycles. The van der Waals surface area contributed by atoms with Crippen LogP contribution in [-0.2, 0) is 11.2 Å². The van der Waals surface area contributed by atoms with E-state index in [1.165, 1.54) is 24.2 Å². The van der Waals surface area contributed by atoms with Crippen LogP contribution in [0.3, 0.4) is 0 Å². The number of nitrogens with one attached hydrogen (secondary N) is 1. The first-order chi connectivity index (χ1) is 10.3. The molecule has 0 aliphatic heterocycles. The van der Waals surface area contributed by atoms with Crippen molar-refractivity contribution < 1.29 is 9.32 Å². The highest BCUT2D eigenvalue weighted by molar-refractivity contribution is 7.15. The summed E-state index contributed by atoms with van der Waals surface area (Å²) in [5, 5.41) is 17.3. The largest absolute Gasteiger partial charge is 0.356 e. The van der Waals surface area contributed by atoms with Gasteiger partial charge >= 0.3 is 0 Å². The number of fused-ring (bicyclic) bond motifs is 1. The minimum Gasteiger partial charge on any atom is -0.356 e. The fraction of sp³-hybridized carbons (Fsp3) is 0.286. The van der Waals surface area contributed by atoms with Gasteiger partial charge in [-0.3, -0.25) is 4.79 Å². The van der Waals surface area contributed by atoms with Crippen LogP contribution in [0.25, 0.3) is 11.0 Å². The second-order valence-electron chi connectivity index (χ2n) is 5.07. The van der Waals surface area contributed by atoms with Crippen LogP contribution in [0.2, 0.25) is 0 Å². The summed E-state index contributed by atoms with van der Waals surface area (Å²) >= 11 is 1.45. The van der Waals surface area contributed by atoms with Gasteiger partial charge in [0.2, 0.25) is 11.0 Å². The number of amides is 1. The molecule has 21 heavy (non-hydrogen) atoms. The summed E-state index contributed by atoms with van der Waals surface area (Å²) in [7, 11) is 0. The molecule has 1 saturated carbocycles. The Morgan fingerprint density at radius 2 is 2.19 bits per heavy atom. The molecule has 0 radical (unpaired) electrons. The number of hydrogen-bond acceptors (Lipinski definition) is 6. The van der Waals surface area contributed by atoms with Gasteiger partial charge in [-0.2, -0.15) is 0 Å². The van der Waals surface area contributed by atoms with Gasteiger partial charge in [0, 0.05) is 11.3 Å². The van der Waals surface area contributed by atoms with Crippen LogP contribution < -0.4 is 5.32 Å². The molecule has 0 atom stereocenters. The van der Waals surface area contributed by atoms with E-state index in [2.05, 4.69) is 20.7 Å². The van der Waals surface area contributed by atoms with E-state index in [1.54, 1.807) is 0 Å². The first-order valence-electron chi connectivity index (χ1n) is 6.76. The highest BCUT2D eigenvalue weighted by Gasteiger charge is 2.27. The van der Waals surface area contributed by atoms with E-state index in [0.29, 0.717) is 22.3 Å². The summed E-state index contributed by atoms with van der Waals surface area (Å²) < 4.78 is 5.19. The quantitative estimate of drug-likeness (QED) is 0.801. The highest BCUT2D eigenvalue weighted by Crippen LogP contribution is 2.42. The van der Waals surface area contributed by atoms with E-state index in [-0.39, 0.29) is 12.3 Å². The second kappa shape index (κ2) is 4.92. The zero-order valence-corrected chi connectivity index (χ0v) is 11.9. The number of nitrogens with zero attached hydrogens (tertiary/aromatic N) is 3. The van der Waals surface area contributed by atoms with Crippen molar-refractivity contribution in [1.29, 1.82) is 0 Å². The molecule has 6 nitrogen and oxygen atoms in total. The van der Waals surface area contributed by atoms with Crippen molar-refractivity contribution in [2.45, 2.75) is 25.2 Å². The Morgan fingerprint density at radius 3 is 3.05 bits per heavy atom. The molecular formula is C14H12N4O2S. The maximum absolute atomic E-state index is 12.1. The third-order valence-electron chi connectivity index (χ3n) is 3.39. The van der Waals surface area contributed by atoms with Crippen molar-refractivity contribution in [3.05, 3.63) is 35.0 Å². The molecule has 1 N–H and O–H groups in total. The number of para-hydroxylation sites is 1. The Kier molecular flexibility index (Phi) is 2.92. The van der Waals surface area contributed by atoms with E-state index in [9.17, 15) is 4.79 Å². The standard InChI is InChI=1S/C14H12N4O2S/c19-12(15-14-17-16-13(21-14)8-5-6-8)7-10-9-3-1-2-4-11(9)20-18-10/h1-4,8H,5-7H2,(H,15,17,19). The number of carbonyl (C=O) groups is 1. The van der Waals surface area contributed by atoms with Crippen LogP contribution >= 0.6 is 11.3 Å². The summed E-state index contributed by atoms with van der Waals surface area (Å²) in [6, 6.07) is 7.49. The topological polar surface area (TPSA) is 80.9 Å². The van der Waals surface area contributed by atoms with Gasteiger partial charge in [-0.1, -0.05) is 28.6 Å². The van der Waals surface area contributed by atoms with E-state index >= 15 is 0 Å². The van der Waals surface area contributed by atoms with Crippen molar-refractivity contribution in [2.75, 3.05) is 5.32 Å². The third-order valence-corrected chi connectivity index (χ3v) is 4.39. The van der Waals surface area contributed by atoms with Gasteiger partial charge in [-0.15, -0.1) is 10.2 Å². The van der Waals surface area contributed by atoms with Crippen molar-refractivity contribution >= 4 is 33.3 Å². The molecule has 4 rings (SSSR count). The smallest absolute Gasteiger partial charge is 0.232 e. The van der Waals surface area contributed by atoms with Crippen molar-refractivity contribution in [1.82, 2.24) is 15.4 Å². The van der Waals surface area contributed by atoms with Gasteiger partial charge in [0.05, 0.1) is 6.42 Å². The lowest BCUT2D eigenvalue weighted by Crippen LogP contribution is -2.14. The Balaban J connectivity index is 1.47. The Morgan fingerprint density at radius 1 is 1.33 bits per heavy atom. The van der Waals surface area contributed by atoms with Gasteiger partial charge < -0.3 is 9.84 Å². The predicted molar refractivity (Wildman–Crippen MR) is 78.2 cm³/mol. The molecule has 2 aromatic heterocycles. The molecular weight excluding hydrogens is 288 g/mol. The lowest BCUT2D eigenvalue weighted by molar-refractivity contribution is -0.115. The molecule has 1 aliphatic carbocycles. The van der Waals surface area contributed by atoms with Crippen molar-refractivity contribution in [2.24, 2.45) is 0 Å². The van der Waals surface area contributed by atoms with Gasteiger partial charge in [-0.25, -0.2) is 0 Å². The van der Waals surface area contributed by atoms with Crippen LogP contribution in [0, 0.1) is 0 Å². The first kappa shape index (κ1) is 12.5. The third kappa shape index (κ3) is 2.52. The Hall–Kier alpha value is -2.28. The van der Waals surface area contributed by atoms with Gasteiger partial charge in [0.1, 0.15) is 10.7 Å². The average molecular weight is 300 g/mol. The number of aromatic nitrogens is 3. The molecule has 0 saturated heterocycles. The predicted octanol–water partition coefficient (Wildman–Crippen LogP) is 2.74. The van der Waals surface area contributed by atoms with Crippen LogP contribution in [-0.4, -0.2) is 21.3 Å². The lowest BCUT2D eigenvalue weighted by Gasteiger charge is -1.98. The van der Waals surface area contributed by atoms with Crippen molar-refractivity contribution in [3.8, 4) is 0 Å². The Bertz CT molecular complexity index is 806. The van der Waals surface area contributed by atoms with Gasteiger partial charge in [0.25, 0.3) is 0 Å². The van der Waals surface area contributed by atoms with Crippen LogP contribution in [0.1, 0.15) is 29.5 Å². The molecule has 0 unspecified atom stereocenters. The van der Waals surface area contributed by atoms with Crippen LogP contribution in [0.4, 0.5) is 5.13 Å². The second-order valence-corrected chi connectivity index (χ2v) is 6.08. The number of carbonyl (C=O) groups excluding carboxylic acids is 1. The fourth-order valence-corrected chi connectivity index (χ4v) is 3.09. The zero-order valence-electron chi connectivity index (χ0n) is 11.1. The summed E-state index contributed by atoms with van der Waals surface area (Å²) in [6.45, 7) is 0. The minimum atomic E-state index is -0.160. The monoisotopic (exact) mass is 300 g/mol. The normalized spacial score (nSPS) is 14.5. The van der Waals surface area contributed by atoms with Crippen LogP contribution in [0.5, 0.6) is 0 Å². The lowest BCUT2D eigenvalue weighted by atomic mass is 10.2. The SMILES string of the molecule is O=C(Cc1noc2ccccc12)Nc1nnc(C2CC2)s1. The minimum absolute atomic E-state index is 0.160. The van der Waals surface area contributed by atoms with E-state index in [0.717, 1.165) is 10.4 Å². The molecule has 7 heteroatoms. The van der Waals surface area contributed by atoms with Gasteiger partial charge in [-0.05, 0) is 25.0 Å². The Labute approximate surface area is 124 Å². The van der Waals surface area contributed by atoms with Crippen molar-refractivity contribution in [3.63, 3.8) is 0 Å². The molecule has 0 bridgehead atoms. The zero-order chi connectivity index (χ0) is 14.2. The molecule has 1 fully saturated rings. The number of anilines is 1. The molecule has 106 valence electrons.